The molecule has 0 saturated carbocycles. The molecule has 2 N–H and O–H groups in total. The summed E-state index contributed by atoms with van der Waals surface area (Å²) in [5, 5.41) is 18.3. The van der Waals surface area contributed by atoms with Crippen LogP contribution in [-0.4, -0.2) is 23.3 Å². The summed E-state index contributed by atoms with van der Waals surface area (Å²) in [7, 11) is 1.40. The molecule has 4 nitrogen and oxygen atoms in total. The third kappa shape index (κ3) is 2.76. The van der Waals surface area contributed by atoms with E-state index in [2.05, 4.69) is 0 Å². The summed E-state index contributed by atoms with van der Waals surface area (Å²) >= 11 is 5.68. The molecule has 0 spiro atoms. The van der Waals surface area contributed by atoms with E-state index in [0.717, 1.165) is 0 Å². The minimum atomic E-state index is -0.897. The highest BCUT2D eigenvalue weighted by Crippen LogP contribution is 2.37. The molecule has 1 rings (SSSR count). The van der Waals surface area contributed by atoms with Crippen molar-refractivity contribution >= 4 is 17.6 Å². The van der Waals surface area contributed by atoms with Crippen LogP contribution in [0.3, 0.4) is 0 Å². The number of hydrogen-bond acceptors (Lipinski definition) is 3. The van der Waals surface area contributed by atoms with Crippen molar-refractivity contribution in [3.8, 4) is 11.5 Å². The number of ether oxygens (including phenoxy) is 1. The summed E-state index contributed by atoms with van der Waals surface area (Å²) in [4.78, 5) is 10.4. The second kappa shape index (κ2) is 4.89. The summed E-state index contributed by atoms with van der Waals surface area (Å²) < 4.78 is 4.96. The molecule has 0 amide bonds. The molecule has 0 heterocycles. The van der Waals surface area contributed by atoms with Gasteiger partial charge < -0.3 is 14.9 Å². The van der Waals surface area contributed by atoms with Crippen molar-refractivity contribution in [1.82, 2.24) is 0 Å². The van der Waals surface area contributed by atoms with Crippen LogP contribution in [0.15, 0.2) is 12.1 Å². The minimum absolute atomic E-state index is 0.0164. The lowest BCUT2D eigenvalue weighted by molar-refractivity contribution is -0.136. The molecule has 0 fully saturated rings. The Morgan fingerprint density at radius 3 is 2.73 bits per heavy atom. The van der Waals surface area contributed by atoms with E-state index in [1.54, 1.807) is 6.07 Å². The largest absolute Gasteiger partial charge is 0.503 e. The number of carboxylic acids is 1. The van der Waals surface area contributed by atoms with Crippen molar-refractivity contribution < 1.29 is 19.7 Å². The first-order valence-corrected chi connectivity index (χ1v) is 4.70. The second-order valence-electron chi connectivity index (χ2n) is 2.98. The third-order valence-electron chi connectivity index (χ3n) is 1.98. The summed E-state index contributed by atoms with van der Waals surface area (Å²) in [5.74, 6) is -0.808. The van der Waals surface area contributed by atoms with E-state index in [0.29, 0.717) is 12.0 Å². The number of halogens is 1. The highest BCUT2D eigenvalue weighted by molar-refractivity contribution is 6.32. The van der Waals surface area contributed by atoms with Crippen LogP contribution in [0.2, 0.25) is 5.02 Å². The van der Waals surface area contributed by atoms with Crippen molar-refractivity contribution in [3.05, 3.63) is 22.7 Å². The lowest BCUT2D eigenvalue weighted by atomic mass is 10.1. The Morgan fingerprint density at radius 2 is 2.20 bits per heavy atom. The van der Waals surface area contributed by atoms with Gasteiger partial charge in [0.05, 0.1) is 12.1 Å². The van der Waals surface area contributed by atoms with Crippen molar-refractivity contribution in [2.24, 2.45) is 0 Å². The number of aryl methyl sites for hydroxylation is 1. The normalized spacial score (nSPS) is 10.0. The van der Waals surface area contributed by atoms with Gasteiger partial charge in [0.2, 0.25) is 0 Å². The van der Waals surface area contributed by atoms with Gasteiger partial charge in [0.25, 0.3) is 0 Å². The number of hydrogen-bond donors (Lipinski definition) is 2. The Balaban J connectivity index is 2.97. The van der Waals surface area contributed by atoms with Crippen LogP contribution in [0.4, 0.5) is 0 Å². The van der Waals surface area contributed by atoms with E-state index < -0.39 is 5.97 Å². The van der Waals surface area contributed by atoms with Gasteiger partial charge in [0.15, 0.2) is 11.5 Å². The van der Waals surface area contributed by atoms with Gasteiger partial charge in [-0.05, 0) is 18.1 Å². The molecular weight excluding hydrogens is 220 g/mol. The van der Waals surface area contributed by atoms with Gasteiger partial charge in [-0.1, -0.05) is 17.7 Å². The fraction of sp³-hybridized carbons (Fsp3) is 0.300. The van der Waals surface area contributed by atoms with Crippen LogP contribution >= 0.6 is 11.6 Å². The number of benzene rings is 1. The summed E-state index contributed by atoms with van der Waals surface area (Å²) in [6.07, 6.45) is 0.278. The van der Waals surface area contributed by atoms with Crippen molar-refractivity contribution in [1.29, 1.82) is 0 Å². The molecular formula is C10H11ClO4. The van der Waals surface area contributed by atoms with Gasteiger partial charge in [0.1, 0.15) is 0 Å². The SMILES string of the molecule is COc1c(CCC(=O)O)ccc(Cl)c1O. The zero-order chi connectivity index (χ0) is 11.4. The molecule has 0 unspecified atom stereocenters. The Bertz CT molecular complexity index is 376. The first-order valence-electron chi connectivity index (χ1n) is 4.32. The minimum Gasteiger partial charge on any atom is -0.503 e. The first kappa shape index (κ1) is 11.7. The molecule has 0 atom stereocenters. The molecule has 15 heavy (non-hydrogen) atoms. The van der Waals surface area contributed by atoms with Crippen LogP contribution in [0.25, 0.3) is 0 Å². The number of rotatable bonds is 4. The number of aliphatic carboxylic acids is 1. The summed E-state index contributed by atoms with van der Waals surface area (Å²) in [6.45, 7) is 0. The van der Waals surface area contributed by atoms with Crippen LogP contribution in [-0.2, 0) is 11.2 Å². The molecule has 5 heteroatoms. The summed E-state index contributed by atoms with van der Waals surface area (Å²) in [5.41, 5.74) is 0.627. The highest BCUT2D eigenvalue weighted by atomic mass is 35.5. The molecule has 0 aliphatic carbocycles. The van der Waals surface area contributed by atoms with E-state index in [-0.39, 0.29) is 22.9 Å². The molecule has 82 valence electrons. The van der Waals surface area contributed by atoms with Crippen LogP contribution in [0.5, 0.6) is 11.5 Å². The van der Waals surface area contributed by atoms with Crippen molar-refractivity contribution in [3.63, 3.8) is 0 Å². The molecule has 0 aliphatic rings. The maximum atomic E-state index is 10.4. The second-order valence-corrected chi connectivity index (χ2v) is 3.39. The zero-order valence-corrected chi connectivity index (χ0v) is 8.91. The lowest BCUT2D eigenvalue weighted by Gasteiger charge is -2.10. The van der Waals surface area contributed by atoms with Gasteiger partial charge in [-0.25, -0.2) is 0 Å². The van der Waals surface area contributed by atoms with E-state index >= 15 is 0 Å². The molecule has 0 bridgehead atoms. The lowest BCUT2D eigenvalue weighted by Crippen LogP contribution is -1.99. The first-order chi connectivity index (χ1) is 7.06. The van der Waals surface area contributed by atoms with E-state index in [4.69, 9.17) is 21.4 Å². The predicted molar refractivity (Wildman–Crippen MR) is 55.6 cm³/mol. The average molecular weight is 231 g/mol. The molecule has 0 radical (unpaired) electrons. The van der Waals surface area contributed by atoms with E-state index in [1.807, 2.05) is 0 Å². The monoisotopic (exact) mass is 230 g/mol. The number of carboxylic acid groups (broad SMARTS) is 1. The fourth-order valence-corrected chi connectivity index (χ4v) is 1.40. The Kier molecular flexibility index (Phi) is 3.80. The topological polar surface area (TPSA) is 66.8 Å². The van der Waals surface area contributed by atoms with Gasteiger partial charge in [-0.2, -0.15) is 0 Å². The average Bonchev–Trinajstić information content (AvgIpc) is 2.19. The molecule has 0 aromatic heterocycles. The predicted octanol–water partition coefficient (Wildman–Crippen LogP) is 2.07. The highest BCUT2D eigenvalue weighted by Gasteiger charge is 2.12. The Labute approximate surface area is 92.1 Å². The van der Waals surface area contributed by atoms with Crippen molar-refractivity contribution in [2.45, 2.75) is 12.8 Å². The quantitative estimate of drug-likeness (QED) is 0.831. The van der Waals surface area contributed by atoms with E-state index in [1.165, 1.54) is 13.2 Å². The summed E-state index contributed by atoms with van der Waals surface area (Å²) in [6, 6.07) is 3.15. The Hall–Kier alpha value is -1.42. The maximum absolute atomic E-state index is 10.4. The van der Waals surface area contributed by atoms with Gasteiger partial charge in [-0.15, -0.1) is 0 Å². The molecule has 1 aromatic carbocycles. The number of carbonyl (C=O) groups is 1. The standard InChI is InChI=1S/C10H11ClO4/c1-15-10-6(3-5-8(12)13)2-4-7(11)9(10)14/h2,4,14H,3,5H2,1H3,(H,12,13). The smallest absolute Gasteiger partial charge is 0.303 e. The third-order valence-corrected chi connectivity index (χ3v) is 2.28. The number of phenolic OH excluding ortho intramolecular Hbond substituents is 1. The molecule has 1 aromatic rings. The molecule has 0 aliphatic heterocycles. The number of phenols is 1. The van der Waals surface area contributed by atoms with Gasteiger partial charge in [0, 0.05) is 6.42 Å². The van der Waals surface area contributed by atoms with Crippen LogP contribution < -0.4 is 4.74 Å². The Morgan fingerprint density at radius 1 is 1.53 bits per heavy atom. The maximum Gasteiger partial charge on any atom is 0.303 e. The zero-order valence-electron chi connectivity index (χ0n) is 8.16. The van der Waals surface area contributed by atoms with Gasteiger partial charge in [-0.3, -0.25) is 4.79 Å². The van der Waals surface area contributed by atoms with Crippen LogP contribution in [0.1, 0.15) is 12.0 Å². The van der Waals surface area contributed by atoms with E-state index in [9.17, 15) is 9.90 Å². The molecule has 0 saturated heterocycles. The fourth-order valence-electron chi connectivity index (χ4n) is 1.26. The number of aromatic hydroxyl groups is 1. The number of methoxy groups -OCH3 is 1. The van der Waals surface area contributed by atoms with Crippen molar-refractivity contribution in [2.75, 3.05) is 7.11 Å². The van der Waals surface area contributed by atoms with Gasteiger partial charge >= 0.3 is 5.97 Å². The van der Waals surface area contributed by atoms with Crippen LogP contribution in [0, 0.1) is 0 Å².